The Bertz CT molecular complexity index is 262. The number of rotatable bonds is 1. The van der Waals surface area contributed by atoms with Crippen LogP contribution in [0.2, 0.25) is 0 Å². The van der Waals surface area contributed by atoms with Crippen molar-refractivity contribution in [3.05, 3.63) is 34.4 Å². The van der Waals surface area contributed by atoms with E-state index in [0.717, 1.165) is 3.27 Å². The van der Waals surface area contributed by atoms with E-state index in [1.165, 1.54) is 6.07 Å². The second-order valence-corrected chi connectivity index (χ2v) is 4.23. The van der Waals surface area contributed by atoms with Gasteiger partial charge in [0.15, 0.2) is 0 Å². The number of hydrogen-bond donors (Lipinski definition) is 0. The van der Waals surface area contributed by atoms with Gasteiger partial charge in [0.2, 0.25) is 0 Å². The van der Waals surface area contributed by atoms with E-state index in [1.807, 2.05) is 6.07 Å². The molecule has 0 heterocycles. The standard InChI is InChI=1S/C6H4NO2.Bi.2H/c8-7(9)6-4-2-1-3-5-6;;;/h1-4H;;;. The summed E-state index contributed by atoms with van der Waals surface area (Å²) in [6, 6.07) is 6.84. The van der Waals surface area contributed by atoms with Gasteiger partial charge in [-0.2, -0.15) is 0 Å². The minimum absolute atomic E-state index is 0.257. The molecule has 0 aromatic heterocycles. The summed E-state index contributed by atoms with van der Waals surface area (Å²) in [5.74, 6) is 0. The van der Waals surface area contributed by atoms with Crippen LogP contribution in [-0.2, 0) is 0 Å². The normalized spacial score (nSPS) is 9.30. The Labute approximate surface area is 73.1 Å². The first-order chi connectivity index (χ1) is 4.72. The van der Waals surface area contributed by atoms with Crippen molar-refractivity contribution < 1.29 is 4.92 Å². The molecule has 0 saturated heterocycles. The summed E-state index contributed by atoms with van der Waals surface area (Å²) in [6.07, 6.45) is 0. The maximum absolute atomic E-state index is 10.3. The van der Waals surface area contributed by atoms with Crippen LogP contribution < -0.4 is 3.27 Å². The van der Waals surface area contributed by atoms with Crippen LogP contribution in [0, 0.1) is 10.1 Å². The van der Waals surface area contributed by atoms with Crippen molar-refractivity contribution in [2.24, 2.45) is 0 Å². The van der Waals surface area contributed by atoms with Crippen LogP contribution >= 0.6 is 0 Å². The minimum atomic E-state index is -0.338. The molecule has 0 unspecified atom stereocenters. The number of benzene rings is 1. The molecular weight excluding hydrogens is 327 g/mol. The van der Waals surface area contributed by atoms with Crippen LogP contribution in [0.15, 0.2) is 24.3 Å². The van der Waals surface area contributed by atoms with Crippen LogP contribution in [0.25, 0.3) is 0 Å². The van der Waals surface area contributed by atoms with Crippen LogP contribution in [0.3, 0.4) is 0 Å². The molecule has 0 aliphatic heterocycles. The van der Waals surface area contributed by atoms with E-state index in [9.17, 15) is 10.1 Å². The van der Waals surface area contributed by atoms with Gasteiger partial charge in [0, 0.05) is 0 Å². The zero-order valence-electron chi connectivity index (χ0n) is 5.15. The summed E-state index contributed by atoms with van der Waals surface area (Å²) in [4.78, 5) is 9.92. The quantitative estimate of drug-likeness (QED) is 0.408. The molecule has 0 amide bonds. The van der Waals surface area contributed by atoms with Crippen molar-refractivity contribution in [1.82, 2.24) is 0 Å². The average molecular weight is 333 g/mol. The molecule has 52 valence electrons. The molecule has 0 aliphatic rings. The summed E-state index contributed by atoms with van der Waals surface area (Å²) < 4.78 is 0.868. The first-order valence-corrected chi connectivity index (χ1v) is 4.95. The molecule has 0 radical (unpaired) electrons. The molecule has 0 aliphatic carbocycles. The summed E-state index contributed by atoms with van der Waals surface area (Å²) in [7, 11) is 0. The topological polar surface area (TPSA) is 43.1 Å². The van der Waals surface area contributed by atoms with Gasteiger partial charge >= 0.3 is 73.0 Å². The van der Waals surface area contributed by atoms with Gasteiger partial charge < -0.3 is 0 Å². The van der Waals surface area contributed by atoms with E-state index in [-0.39, 0.29) is 10.6 Å². The van der Waals surface area contributed by atoms with E-state index >= 15 is 0 Å². The number of nitrogens with zero attached hydrogens (tertiary/aromatic N) is 1. The van der Waals surface area contributed by atoms with Gasteiger partial charge in [-0.1, -0.05) is 0 Å². The molecule has 4 heteroatoms. The summed E-state index contributed by atoms with van der Waals surface area (Å²) >= 11 is 0.534. The van der Waals surface area contributed by atoms with Crippen LogP contribution in [0.4, 0.5) is 5.69 Å². The predicted molar refractivity (Wildman–Crippen MR) is 41.3 cm³/mol. The molecule has 1 aromatic carbocycles. The number of para-hydroxylation sites is 1. The van der Waals surface area contributed by atoms with Crippen molar-refractivity contribution >= 4 is 33.7 Å². The fraction of sp³-hybridized carbons (Fsp3) is 0. The second kappa shape index (κ2) is 3.06. The molecule has 0 spiro atoms. The fourth-order valence-electron chi connectivity index (χ4n) is 0.654. The zero-order valence-corrected chi connectivity index (χ0v) is 9.64. The van der Waals surface area contributed by atoms with E-state index in [1.54, 1.807) is 12.1 Å². The number of nitro groups is 1. The van der Waals surface area contributed by atoms with Crippen molar-refractivity contribution in [3.63, 3.8) is 0 Å². The molecular formula is C6H6BiNO2. The molecule has 3 nitrogen and oxygen atoms in total. The van der Waals surface area contributed by atoms with Gasteiger partial charge in [-0.3, -0.25) is 0 Å². The van der Waals surface area contributed by atoms with E-state index in [0.29, 0.717) is 24.7 Å². The number of hydrogen-bond acceptors (Lipinski definition) is 2. The van der Waals surface area contributed by atoms with E-state index in [4.69, 9.17) is 0 Å². The maximum atomic E-state index is 10.3. The third-order valence-electron chi connectivity index (χ3n) is 1.13. The Morgan fingerprint density at radius 1 is 1.40 bits per heavy atom. The van der Waals surface area contributed by atoms with Crippen LogP contribution in [0.5, 0.6) is 0 Å². The summed E-state index contributed by atoms with van der Waals surface area (Å²) in [6.45, 7) is 0. The first kappa shape index (κ1) is 7.61. The molecule has 0 atom stereocenters. The van der Waals surface area contributed by atoms with Gasteiger partial charge in [-0.15, -0.1) is 0 Å². The van der Waals surface area contributed by atoms with Gasteiger partial charge in [-0.05, 0) is 0 Å². The predicted octanol–water partition coefficient (Wildman–Crippen LogP) is -0.147. The Morgan fingerprint density at radius 2 is 2.00 bits per heavy atom. The number of nitro benzene ring substituents is 1. The summed E-state index contributed by atoms with van der Waals surface area (Å²) in [5, 5.41) is 10.3. The van der Waals surface area contributed by atoms with Crippen molar-refractivity contribution in [3.8, 4) is 0 Å². The second-order valence-electron chi connectivity index (χ2n) is 1.82. The fourth-order valence-corrected chi connectivity index (χ4v) is 1.87. The van der Waals surface area contributed by atoms with Gasteiger partial charge in [0.05, 0.1) is 0 Å². The van der Waals surface area contributed by atoms with Crippen LogP contribution in [0.1, 0.15) is 0 Å². The third kappa shape index (κ3) is 1.51. The molecule has 0 fully saturated rings. The summed E-state index contributed by atoms with van der Waals surface area (Å²) in [5.41, 5.74) is 0.257. The average Bonchev–Trinajstić information content (AvgIpc) is 1.88. The van der Waals surface area contributed by atoms with E-state index in [2.05, 4.69) is 0 Å². The molecule has 1 aromatic rings. The zero-order chi connectivity index (χ0) is 7.56. The van der Waals surface area contributed by atoms with Gasteiger partial charge in [0.25, 0.3) is 0 Å². The monoisotopic (exact) mass is 333 g/mol. The molecule has 1 rings (SSSR count). The van der Waals surface area contributed by atoms with Crippen LogP contribution in [-0.4, -0.2) is 29.6 Å². The van der Waals surface area contributed by atoms with Crippen molar-refractivity contribution in [2.45, 2.75) is 0 Å². The van der Waals surface area contributed by atoms with Gasteiger partial charge in [0.1, 0.15) is 0 Å². The van der Waals surface area contributed by atoms with Crippen molar-refractivity contribution in [2.75, 3.05) is 0 Å². The Kier molecular flexibility index (Phi) is 2.33. The molecule has 0 N–H and O–H groups in total. The molecule has 0 bridgehead atoms. The van der Waals surface area contributed by atoms with E-state index < -0.39 is 0 Å². The Morgan fingerprint density at radius 3 is 2.40 bits per heavy atom. The van der Waals surface area contributed by atoms with Gasteiger partial charge in [-0.25, -0.2) is 0 Å². The molecule has 10 heavy (non-hydrogen) atoms. The SMILES string of the molecule is O=[N+]([O-])c1cccc[c]1[BiH2]. The van der Waals surface area contributed by atoms with Crippen molar-refractivity contribution in [1.29, 1.82) is 0 Å². The third-order valence-corrected chi connectivity index (χ3v) is 3.03. The molecule has 0 saturated carbocycles. The Balaban J connectivity index is 3.15. The Hall–Kier alpha value is -0.497. The first-order valence-electron chi connectivity index (χ1n) is 2.70.